The lowest BCUT2D eigenvalue weighted by Crippen LogP contribution is -2.28. The minimum absolute atomic E-state index is 0.168. The molecule has 0 radical (unpaired) electrons. The van der Waals surface area contributed by atoms with Crippen LogP contribution in [0.25, 0.3) is 11.2 Å². The van der Waals surface area contributed by atoms with Crippen LogP contribution in [0, 0.1) is 0 Å². The lowest BCUT2D eigenvalue weighted by atomic mass is 10.2. The second kappa shape index (κ2) is 4.84. The van der Waals surface area contributed by atoms with Crippen molar-refractivity contribution < 1.29 is 8.42 Å². The summed E-state index contributed by atoms with van der Waals surface area (Å²) in [7, 11) is -3.11. The molecule has 0 amide bonds. The van der Waals surface area contributed by atoms with Crippen LogP contribution in [0.2, 0.25) is 0 Å². The Labute approximate surface area is 119 Å². The summed E-state index contributed by atoms with van der Waals surface area (Å²) in [6.07, 6.45) is 4.05. The lowest BCUT2D eigenvalue weighted by Gasteiger charge is -2.26. The Balaban J connectivity index is 2.25. The molecule has 2 aromatic heterocycles. The molecule has 1 fully saturated rings. The van der Waals surface area contributed by atoms with E-state index in [1.165, 1.54) is 0 Å². The van der Waals surface area contributed by atoms with Gasteiger partial charge in [-0.3, -0.25) is 4.57 Å². The van der Waals surface area contributed by atoms with Crippen LogP contribution in [-0.2, 0) is 9.84 Å². The van der Waals surface area contributed by atoms with E-state index in [0.29, 0.717) is 12.1 Å². The van der Waals surface area contributed by atoms with Crippen molar-refractivity contribution in [1.82, 2.24) is 14.5 Å². The van der Waals surface area contributed by atoms with Gasteiger partial charge in [0.1, 0.15) is 16.7 Å². The highest BCUT2D eigenvalue weighted by Crippen LogP contribution is 2.34. The molecule has 1 aliphatic rings. The van der Waals surface area contributed by atoms with Gasteiger partial charge in [0.05, 0.1) is 5.75 Å². The van der Waals surface area contributed by atoms with E-state index in [-0.39, 0.29) is 11.7 Å². The van der Waals surface area contributed by atoms with E-state index in [1.54, 1.807) is 6.20 Å². The van der Waals surface area contributed by atoms with Gasteiger partial charge in [-0.1, -0.05) is 13.8 Å². The zero-order valence-corrected chi connectivity index (χ0v) is 12.6. The van der Waals surface area contributed by atoms with Gasteiger partial charge in [-0.25, -0.2) is 18.4 Å². The molecule has 1 saturated heterocycles. The number of rotatable bonds is 2. The number of imidazole rings is 1. The first-order valence-electron chi connectivity index (χ1n) is 7.05. The Bertz CT molecular complexity index is 734. The zero-order chi connectivity index (χ0) is 14.3. The molecule has 0 bridgehead atoms. The van der Waals surface area contributed by atoms with Gasteiger partial charge in [0.2, 0.25) is 0 Å². The largest absolute Gasteiger partial charge is 0.295 e. The van der Waals surface area contributed by atoms with Crippen molar-refractivity contribution in [3.05, 3.63) is 24.2 Å². The third-order valence-electron chi connectivity index (χ3n) is 3.82. The molecule has 3 rings (SSSR count). The molecule has 0 aromatic carbocycles. The van der Waals surface area contributed by atoms with Crippen molar-refractivity contribution in [2.45, 2.75) is 44.4 Å². The summed E-state index contributed by atoms with van der Waals surface area (Å²) in [4.78, 5) is 8.95. The number of fused-ring (bicyclic) bond motifs is 1. The molecular weight excluding hydrogens is 274 g/mol. The summed E-state index contributed by atoms with van der Waals surface area (Å²) in [6.45, 7) is 4.07. The standard InChI is InChI=1S/C14H19N3O2S/c1-10(2)13-16-11-6-5-8-15-14(11)17(13)12-7-3-4-9-20(12,18)19/h5-6,8,10,12H,3-4,7,9H2,1-2H3. The fourth-order valence-corrected chi connectivity index (χ4v) is 4.80. The summed E-state index contributed by atoms with van der Waals surface area (Å²) in [5, 5.41) is -0.506. The van der Waals surface area contributed by atoms with Crippen LogP contribution in [0.1, 0.15) is 50.2 Å². The molecule has 6 heteroatoms. The molecule has 3 heterocycles. The molecule has 5 nitrogen and oxygen atoms in total. The Hall–Kier alpha value is -1.43. The number of aromatic nitrogens is 3. The van der Waals surface area contributed by atoms with E-state index >= 15 is 0 Å². The Morgan fingerprint density at radius 3 is 2.85 bits per heavy atom. The molecule has 1 atom stereocenters. The number of nitrogens with zero attached hydrogens (tertiary/aromatic N) is 3. The van der Waals surface area contributed by atoms with Crippen molar-refractivity contribution in [2.75, 3.05) is 5.75 Å². The fourth-order valence-electron chi connectivity index (χ4n) is 2.87. The van der Waals surface area contributed by atoms with E-state index in [1.807, 2.05) is 30.5 Å². The van der Waals surface area contributed by atoms with Crippen LogP contribution in [0.3, 0.4) is 0 Å². The fraction of sp³-hybridized carbons (Fsp3) is 0.571. The summed E-state index contributed by atoms with van der Waals surface area (Å²) in [5.74, 6) is 1.25. The SMILES string of the molecule is CC(C)c1nc2cccnc2n1C1CCCCS1(=O)=O. The summed E-state index contributed by atoms with van der Waals surface area (Å²) in [6, 6.07) is 3.72. The number of hydrogen-bond acceptors (Lipinski definition) is 4. The highest BCUT2D eigenvalue weighted by molar-refractivity contribution is 7.91. The predicted molar refractivity (Wildman–Crippen MR) is 78.3 cm³/mol. The van der Waals surface area contributed by atoms with E-state index in [4.69, 9.17) is 0 Å². The Morgan fingerprint density at radius 1 is 1.35 bits per heavy atom. The first-order valence-corrected chi connectivity index (χ1v) is 8.76. The second-order valence-electron chi connectivity index (χ2n) is 5.66. The third kappa shape index (κ3) is 2.12. The van der Waals surface area contributed by atoms with E-state index in [0.717, 1.165) is 24.2 Å². The minimum atomic E-state index is -3.11. The van der Waals surface area contributed by atoms with Gasteiger partial charge in [0.15, 0.2) is 15.5 Å². The van der Waals surface area contributed by atoms with Crippen molar-refractivity contribution in [3.63, 3.8) is 0 Å². The van der Waals surface area contributed by atoms with Crippen LogP contribution < -0.4 is 0 Å². The lowest BCUT2D eigenvalue weighted by molar-refractivity contribution is 0.481. The van der Waals surface area contributed by atoms with Crippen molar-refractivity contribution in [3.8, 4) is 0 Å². The van der Waals surface area contributed by atoms with Gasteiger partial charge < -0.3 is 0 Å². The second-order valence-corrected chi connectivity index (χ2v) is 7.94. The molecule has 0 N–H and O–H groups in total. The van der Waals surface area contributed by atoms with Crippen molar-refractivity contribution in [2.24, 2.45) is 0 Å². The molecule has 2 aromatic rings. The van der Waals surface area contributed by atoms with Gasteiger partial charge in [0, 0.05) is 12.1 Å². The summed E-state index contributed by atoms with van der Waals surface area (Å²) >= 11 is 0. The van der Waals surface area contributed by atoms with Gasteiger partial charge in [0.25, 0.3) is 0 Å². The van der Waals surface area contributed by atoms with Gasteiger partial charge >= 0.3 is 0 Å². The number of sulfone groups is 1. The molecule has 108 valence electrons. The maximum atomic E-state index is 12.4. The first-order chi connectivity index (χ1) is 9.50. The van der Waals surface area contributed by atoms with E-state index < -0.39 is 15.2 Å². The van der Waals surface area contributed by atoms with Crippen molar-refractivity contribution in [1.29, 1.82) is 0 Å². The maximum Gasteiger partial charge on any atom is 0.171 e. The highest BCUT2D eigenvalue weighted by Gasteiger charge is 2.33. The first kappa shape index (κ1) is 13.5. The monoisotopic (exact) mass is 293 g/mol. The third-order valence-corrected chi connectivity index (χ3v) is 5.96. The van der Waals surface area contributed by atoms with E-state index in [9.17, 15) is 8.42 Å². The molecule has 1 aliphatic heterocycles. The quantitative estimate of drug-likeness (QED) is 0.854. The predicted octanol–water partition coefficient (Wildman–Crippen LogP) is 2.65. The highest BCUT2D eigenvalue weighted by atomic mass is 32.2. The number of hydrogen-bond donors (Lipinski definition) is 0. The minimum Gasteiger partial charge on any atom is -0.295 e. The van der Waals surface area contributed by atoms with Gasteiger partial charge in [-0.2, -0.15) is 0 Å². The van der Waals surface area contributed by atoms with Gasteiger partial charge in [-0.15, -0.1) is 0 Å². The summed E-state index contributed by atoms with van der Waals surface area (Å²) < 4.78 is 26.7. The molecule has 1 unspecified atom stereocenters. The van der Waals surface area contributed by atoms with Crippen LogP contribution in [0.15, 0.2) is 18.3 Å². The molecule has 0 aliphatic carbocycles. The maximum absolute atomic E-state index is 12.4. The smallest absolute Gasteiger partial charge is 0.171 e. The topological polar surface area (TPSA) is 64.8 Å². The molecule has 20 heavy (non-hydrogen) atoms. The average molecular weight is 293 g/mol. The van der Waals surface area contributed by atoms with Crippen LogP contribution >= 0.6 is 0 Å². The van der Waals surface area contributed by atoms with Gasteiger partial charge in [-0.05, 0) is 31.4 Å². The normalized spacial score (nSPS) is 22.4. The van der Waals surface area contributed by atoms with Crippen molar-refractivity contribution >= 4 is 21.0 Å². The molecule has 0 spiro atoms. The Kier molecular flexibility index (Phi) is 3.28. The van der Waals surface area contributed by atoms with Crippen LogP contribution in [-0.4, -0.2) is 28.7 Å². The van der Waals surface area contributed by atoms with Crippen LogP contribution in [0.5, 0.6) is 0 Å². The average Bonchev–Trinajstić information content (AvgIpc) is 2.78. The summed E-state index contributed by atoms with van der Waals surface area (Å²) in [5.41, 5.74) is 1.46. The van der Waals surface area contributed by atoms with Crippen LogP contribution in [0.4, 0.5) is 0 Å². The zero-order valence-electron chi connectivity index (χ0n) is 11.8. The molecule has 0 saturated carbocycles. The van der Waals surface area contributed by atoms with E-state index in [2.05, 4.69) is 9.97 Å². The molecular formula is C14H19N3O2S. The Morgan fingerprint density at radius 2 is 2.15 bits per heavy atom. The number of pyridine rings is 1.